The van der Waals surface area contributed by atoms with E-state index >= 15 is 0 Å². The van der Waals surface area contributed by atoms with Gasteiger partial charge in [0.1, 0.15) is 27.5 Å². The summed E-state index contributed by atoms with van der Waals surface area (Å²) in [7, 11) is 0. The third kappa shape index (κ3) is 2.97. The highest BCUT2D eigenvalue weighted by atomic mass is 79.9. The lowest BCUT2D eigenvalue weighted by Gasteiger charge is -2.36. The van der Waals surface area contributed by atoms with Crippen molar-refractivity contribution in [3.05, 3.63) is 86.2 Å². The molecule has 0 saturated heterocycles. The van der Waals surface area contributed by atoms with Crippen LogP contribution in [0.3, 0.4) is 0 Å². The number of amides is 2. The summed E-state index contributed by atoms with van der Waals surface area (Å²) in [5.74, 6) is -0.579. The lowest BCUT2D eigenvalue weighted by Crippen LogP contribution is -2.33. The van der Waals surface area contributed by atoms with Crippen LogP contribution in [0, 0.1) is 0 Å². The standard InChI is InChI=1S/C26H16BrNO7S/c1-2-36-22-21(27)23(31)28(24(22)32)12-3-6-16-15(9-12)25(33)35-26(16)17-7-4-13(29)10-19(17)34-20-11-14(30)5-8-18(20)26/h3-11,29-30H,2H2,1H3. The second-order valence-corrected chi connectivity index (χ2v) is 10.4. The predicted octanol–water partition coefficient (Wildman–Crippen LogP) is 4.90. The highest BCUT2D eigenvalue weighted by molar-refractivity contribution is 9.12. The van der Waals surface area contributed by atoms with E-state index in [2.05, 4.69) is 15.9 Å². The number of halogens is 1. The average Bonchev–Trinajstić information content (AvgIpc) is 3.24. The van der Waals surface area contributed by atoms with E-state index in [9.17, 15) is 24.6 Å². The van der Waals surface area contributed by atoms with Gasteiger partial charge in [-0.1, -0.05) is 13.0 Å². The Balaban J connectivity index is 1.53. The summed E-state index contributed by atoms with van der Waals surface area (Å²) in [6.07, 6.45) is 0. The maximum absolute atomic E-state index is 13.3. The number of aromatic hydroxyl groups is 2. The lowest BCUT2D eigenvalue weighted by molar-refractivity contribution is -0.120. The first-order valence-electron chi connectivity index (χ1n) is 10.9. The summed E-state index contributed by atoms with van der Waals surface area (Å²) in [5, 5.41) is 20.1. The van der Waals surface area contributed by atoms with E-state index in [-0.39, 0.29) is 38.7 Å². The molecule has 3 aliphatic rings. The van der Waals surface area contributed by atoms with Crippen molar-refractivity contribution in [3.8, 4) is 23.0 Å². The molecule has 0 radical (unpaired) electrons. The van der Waals surface area contributed by atoms with Crippen LogP contribution < -0.4 is 9.64 Å². The van der Waals surface area contributed by atoms with Crippen LogP contribution in [0.2, 0.25) is 0 Å². The molecule has 1 spiro atoms. The minimum Gasteiger partial charge on any atom is -0.508 e. The summed E-state index contributed by atoms with van der Waals surface area (Å²) in [4.78, 5) is 40.5. The Morgan fingerprint density at radius 1 is 0.889 bits per heavy atom. The number of thioether (sulfide) groups is 1. The Bertz CT molecular complexity index is 1510. The van der Waals surface area contributed by atoms with Crippen LogP contribution in [-0.2, 0) is 19.9 Å². The molecule has 0 saturated carbocycles. The highest BCUT2D eigenvalue weighted by Gasteiger charge is 2.54. The molecule has 36 heavy (non-hydrogen) atoms. The number of esters is 1. The molecule has 10 heteroatoms. The quantitative estimate of drug-likeness (QED) is 0.340. The number of carbonyl (C=O) groups is 3. The fourth-order valence-corrected chi connectivity index (χ4v) is 6.23. The Kier molecular flexibility index (Phi) is 4.96. The number of ether oxygens (including phenoxy) is 2. The van der Waals surface area contributed by atoms with Gasteiger partial charge in [-0.3, -0.25) is 9.59 Å². The zero-order valence-electron chi connectivity index (χ0n) is 18.6. The van der Waals surface area contributed by atoms with Crippen LogP contribution in [0.4, 0.5) is 5.69 Å². The monoisotopic (exact) mass is 565 g/mol. The normalized spacial score (nSPS) is 17.2. The minimum absolute atomic E-state index is 0.0442. The fourth-order valence-electron chi connectivity index (χ4n) is 4.82. The van der Waals surface area contributed by atoms with Crippen molar-refractivity contribution in [3.63, 3.8) is 0 Å². The van der Waals surface area contributed by atoms with Crippen LogP contribution >= 0.6 is 27.7 Å². The number of carbonyl (C=O) groups excluding carboxylic acids is 3. The van der Waals surface area contributed by atoms with Crippen molar-refractivity contribution in [2.75, 3.05) is 10.7 Å². The van der Waals surface area contributed by atoms with Gasteiger partial charge in [0, 0.05) is 28.8 Å². The van der Waals surface area contributed by atoms with E-state index < -0.39 is 23.4 Å². The van der Waals surface area contributed by atoms with Crippen molar-refractivity contribution in [2.45, 2.75) is 12.5 Å². The van der Waals surface area contributed by atoms with E-state index in [0.717, 1.165) is 4.90 Å². The molecule has 0 aromatic heterocycles. The van der Waals surface area contributed by atoms with E-state index in [0.29, 0.717) is 27.3 Å². The number of phenolic OH excluding ortho intramolecular Hbond substituents is 2. The zero-order valence-corrected chi connectivity index (χ0v) is 21.0. The van der Waals surface area contributed by atoms with Gasteiger partial charge in [0.05, 0.1) is 16.2 Å². The maximum Gasteiger partial charge on any atom is 0.340 e. The largest absolute Gasteiger partial charge is 0.508 e. The summed E-state index contributed by atoms with van der Waals surface area (Å²) in [6.45, 7) is 1.88. The Morgan fingerprint density at radius 2 is 1.50 bits per heavy atom. The number of fused-ring (bicyclic) bond motifs is 6. The van der Waals surface area contributed by atoms with Gasteiger partial charge in [-0.05, 0) is 58.1 Å². The van der Waals surface area contributed by atoms with Crippen molar-refractivity contribution in [1.29, 1.82) is 0 Å². The number of anilines is 1. The van der Waals surface area contributed by atoms with E-state index in [4.69, 9.17) is 9.47 Å². The van der Waals surface area contributed by atoms with Crippen molar-refractivity contribution in [1.82, 2.24) is 0 Å². The van der Waals surface area contributed by atoms with Gasteiger partial charge in [0.2, 0.25) is 0 Å². The topological polar surface area (TPSA) is 113 Å². The zero-order chi connectivity index (χ0) is 25.4. The highest BCUT2D eigenvalue weighted by Crippen LogP contribution is 2.57. The molecular weight excluding hydrogens is 550 g/mol. The SMILES string of the molecule is CCSC1=C(Br)C(=O)N(c2ccc3c(c2)C(=O)OC32c3ccc(O)cc3Oc3cc(O)ccc32)C1=O. The van der Waals surface area contributed by atoms with Crippen LogP contribution in [0.15, 0.2) is 64.0 Å². The number of phenols is 2. The molecular formula is C26H16BrNO7S. The molecule has 8 nitrogen and oxygen atoms in total. The van der Waals surface area contributed by atoms with Crippen molar-refractivity contribution < 1.29 is 34.1 Å². The molecule has 2 amide bonds. The number of nitrogens with zero attached hydrogens (tertiary/aromatic N) is 1. The smallest absolute Gasteiger partial charge is 0.340 e. The molecule has 3 aromatic carbocycles. The Labute approximate surface area is 217 Å². The van der Waals surface area contributed by atoms with Gasteiger partial charge < -0.3 is 19.7 Å². The number of imide groups is 1. The number of benzene rings is 3. The predicted molar refractivity (Wildman–Crippen MR) is 135 cm³/mol. The van der Waals surface area contributed by atoms with Gasteiger partial charge in [0.25, 0.3) is 11.8 Å². The minimum atomic E-state index is -1.42. The molecule has 6 rings (SSSR count). The Morgan fingerprint density at radius 3 is 2.11 bits per heavy atom. The second-order valence-electron chi connectivity index (χ2n) is 8.29. The summed E-state index contributed by atoms with van der Waals surface area (Å²) in [6, 6.07) is 13.7. The molecule has 0 unspecified atom stereocenters. The molecule has 0 atom stereocenters. The van der Waals surface area contributed by atoms with Gasteiger partial charge in [0.15, 0.2) is 5.60 Å². The third-order valence-electron chi connectivity index (χ3n) is 6.29. The maximum atomic E-state index is 13.3. The first kappa shape index (κ1) is 22.7. The van der Waals surface area contributed by atoms with Crippen LogP contribution in [0.5, 0.6) is 23.0 Å². The van der Waals surface area contributed by atoms with Gasteiger partial charge in [-0.2, -0.15) is 0 Å². The summed E-state index contributed by atoms with van der Waals surface area (Å²) >= 11 is 4.49. The molecule has 0 fully saturated rings. The van der Waals surface area contributed by atoms with E-state index in [1.807, 2.05) is 6.92 Å². The average molecular weight is 566 g/mol. The van der Waals surface area contributed by atoms with E-state index in [1.54, 1.807) is 24.3 Å². The fraction of sp³-hybridized carbons (Fsp3) is 0.115. The molecule has 0 aliphatic carbocycles. The van der Waals surface area contributed by atoms with Gasteiger partial charge in [-0.15, -0.1) is 11.8 Å². The van der Waals surface area contributed by atoms with Gasteiger partial charge in [-0.25, -0.2) is 9.69 Å². The number of hydrogen-bond donors (Lipinski definition) is 2. The molecule has 2 N–H and O–H groups in total. The molecule has 3 aromatic rings. The van der Waals surface area contributed by atoms with Crippen LogP contribution in [0.1, 0.15) is 34.0 Å². The van der Waals surface area contributed by atoms with Crippen molar-refractivity contribution >= 4 is 51.2 Å². The molecule has 0 bridgehead atoms. The van der Waals surface area contributed by atoms with Crippen LogP contribution in [0.25, 0.3) is 0 Å². The number of rotatable bonds is 3. The first-order valence-corrected chi connectivity index (χ1v) is 12.7. The molecule has 3 aliphatic heterocycles. The lowest BCUT2D eigenvalue weighted by atomic mass is 9.77. The third-order valence-corrected chi connectivity index (χ3v) is 8.25. The summed E-state index contributed by atoms with van der Waals surface area (Å²) < 4.78 is 12.2. The van der Waals surface area contributed by atoms with Crippen LogP contribution in [-0.4, -0.2) is 33.7 Å². The van der Waals surface area contributed by atoms with Crippen molar-refractivity contribution in [2.24, 2.45) is 0 Å². The first-order chi connectivity index (χ1) is 17.3. The molecule has 180 valence electrons. The van der Waals surface area contributed by atoms with Gasteiger partial charge >= 0.3 is 5.97 Å². The van der Waals surface area contributed by atoms with E-state index in [1.165, 1.54) is 42.1 Å². The number of hydrogen-bond acceptors (Lipinski definition) is 8. The second kappa shape index (κ2) is 7.87. The summed E-state index contributed by atoms with van der Waals surface area (Å²) in [5.41, 5.74) is 0.449. The Hall–Kier alpha value is -3.76. The molecule has 3 heterocycles.